The Morgan fingerprint density at radius 3 is 2.46 bits per heavy atom. The molecule has 0 saturated heterocycles. The molecule has 26 heavy (non-hydrogen) atoms. The lowest BCUT2D eigenvalue weighted by atomic mass is 10.2. The second kappa shape index (κ2) is 8.59. The molecule has 3 aromatic rings. The van der Waals surface area contributed by atoms with Gasteiger partial charge in [-0.05, 0) is 42.5 Å². The second-order valence-electron chi connectivity index (χ2n) is 5.68. The Balaban J connectivity index is 1.67. The number of anilines is 1. The smallest absolute Gasteiger partial charge is 0.131 e. The minimum absolute atomic E-state index is 0.0745. The summed E-state index contributed by atoms with van der Waals surface area (Å²) in [6, 6.07) is 19.9. The van der Waals surface area contributed by atoms with Crippen molar-refractivity contribution in [3.05, 3.63) is 88.7 Å². The van der Waals surface area contributed by atoms with Crippen LogP contribution in [0.2, 0.25) is 5.02 Å². The van der Waals surface area contributed by atoms with Gasteiger partial charge in [0.15, 0.2) is 0 Å². The third-order valence-corrected chi connectivity index (χ3v) is 4.33. The van der Waals surface area contributed by atoms with Gasteiger partial charge in [0.1, 0.15) is 23.9 Å². The van der Waals surface area contributed by atoms with Crippen molar-refractivity contribution in [2.45, 2.75) is 13.2 Å². The van der Waals surface area contributed by atoms with Crippen LogP contribution in [-0.4, -0.2) is 7.11 Å². The predicted molar refractivity (Wildman–Crippen MR) is 103 cm³/mol. The molecule has 134 valence electrons. The van der Waals surface area contributed by atoms with Crippen LogP contribution in [0.3, 0.4) is 0 Å². The summed E-state index contributed by atoms with van der Waals surface area (Å²) in [5.41, 5.74) is 2.29. The van der Waals surface area contributed by atoms with Crippen LogP contribution in [0.25, 0.3) is 0 Å². The fraction of sp³-hybridized carbons (Fsp3) is 0.143. The summed E-state index contributed by atoms with van der Waals surface area (Å²) in [7, 11) is 1.64. The standard InChI is InChI=1S/C21H19ClFNO2/c1-25-17-11-9-16(10-12-17)24-13-15-5-2-3-8-21(15)26-14-18-19(22)6-4-7-20(18)23/h2-12,24H,13-14H2,1H3. The van der Waals surface area contributed by atoms with Crippen molar-refractivity contribution in [3.63, 3.8) is 0 Å². The van der Waals surface area contributed by atoms with Crippen molar-refractivity contribution in [2.75, 3.05) is 12.4 Å². The first kappa shape index (κ1) is 18.1. The molecule has 3 rings (SSSR count). The van der Waals surface area contributed by atoms with Crippen LogP contribution in [-0.2, 0) is 13.2 Å². The number of hydrogen-bond acceptors (Lipinski definition) is 3. The van der Waals surface area contributed by atoms with Crippen molar-refractivity contribution in [2.24, 2.45) is 0 Å². The largest absolute Gasteiger partial charge is 0.497 e. The molecule has 0 heterocycles. The van der Waals surface area contributed by atoms with Gasteiger partial charge in [0.25, 0.3) is 0 Å². The van der Waals surface area contributed by atoms with Gasteiger partial charge in [-0.15, -0.1) is 0 Å². The van der Waals surface area contributed by atoms with Crippen LogP contribution in [0.15, 0.2) is 66.7 Å². The van der Waals surface area contributed by atoms with E-state index in [2.05, 4.69) is 5.32 Å². The molecule has 0 fully saturated rings. The Hall–Kier alpha value is -2.72. The van der Waals surface area contributed by atoms with Gasteiger partial charge in [-0.2, -0.15) is 0 Å². The highest BCUT2D eigenvalue weighted by Crippen LogP contribution is 2.25. The molecule has 5 heteroatoms. The molecule has 3 nitrogen and oxygen atoms in total. The number of nitrogens with one attached hydrogen (secondary N) is 1. The number of rotatable bonds is 7. The lowest BCUT2D eigenvalue weighted by Crippen LogP contribution is -2.05. The molecule has 0 saturated carbocycles. The van der Waals surface area contributed by atoms with Gasteiger partial charge < -0.3 is 14.8 Å². The molecular formula is C21H19ClFNO2. The maximum Gasteiger partial charge on any atom is 0.131 e. The van der Waals surface area contributed by atoms with E-state index in [9.17, 15) is 4.39 Å². The summed E-state index contributed by atoms with van der Waals surface area (Å²) >= 11 is 6.06. The van der Waals surface area contributed by atoms with Gasteiger partial charge in [0.05, 0.1) is 12.1 Å². The maximum absolute atomic E-state index is 13.9. The molecule has 0 unspecified atom stereocenters. The SMILES string of the molecule is COc1ccc(NCc2ccccc2OCc2c(F)cccc2Cl)cc1. The van der Waals surface area contributed by atoms with Gasteiger partial charge >= 0.3 is 0 Å². The van der Waals surface area contributed by atoms with Gasteiger partial charge in [-0.1, -0.05) is 35.9 Å². The fourth-order valence-electron chi connectivity index (χ4n) is 2.52. The van der Waals surface area contributed by atoms with E-state index in [0.29, 0.717) is 22.9 Å². The summed E-state index contributed by atoms with van der Waals surface area (Å²) in [5.74, 6) is 1.13. The zero-order valence-electron chi connectivity index (χ0n) is 14.3. The van der Waals surface area contributed by atoms with Crippen LogP contribution in [0.1, 0.15) is 11.1 Å². The normalized spacial score (nSPS) is 10.4. The molecule has 1 N–H and O–H groups in total. The van der Waals surface area contributed by atoms with Crippen molar-refractivity contribution in [1.29, 1.82) is 0 Å². The minimum atomic E-state index is -0.369. The average Bonchev–Trinajstić information content (AvgIpc) is 2.67. The van der Waals surface area contributed by atoms with Crippen LogP contribution in [0, 0.1) is 5.82 Å². The predicted octanol–water partition coefficient (Wildman–Crippen LogP) is 5.68. The molecule has 0 aliphatic carbocycles. The fourth-order valence-corrected chi connectivity index (χ4v) is 2.73. The molecule has 0 aliphatic rings. The Labute approximate surface area is 157 Å². The van der Waals surface area contributed by atoms with E-state index in [-0.39, 0.29) is 12.4 Å². The maximum atomic E-state index is 13.9. The summed E-state index contributed by atoms with van der Waals surface area (Å²) in [5, 5.41) is 3.70. The third-order valence-electron chi connectivity index (χ3n) is 3.98. The van der Waals surface area contributed by atoms with Crippen LogP contribution < -0.4 is 14.8 Å². The number of halogens is 2. The Kier molecular flexibility index (Phi) is 5.97. The summed E-state index contributed by atoms with van der Waals surface area (Å²) in [6.07, 6.45) is 0. The Morgan fingerprint density at radius 1 is 0.962 bits per heavy atom. The van der Waals surface area contributed by atoms with E-state index in [1.54, 1.807) is 19.2 Å². The first-order chi connectivity index (χ1) is 12.7. The number of benzene rings is 3. The highest BCUT2D eigenvalue weighted by molar-refractivity contribution is 6.31. The highest BCUT2D eigenvalue weighted by Gasteiger charge is 2.09. The molecular weight excluding hydrogens is 353 g/mol. The molecule has 0 aromatic heterocycles. The van der Waals surface area contributed by atoms with Crippen LogP contribution >= 0.6 is 11.6 Å². The zero-order chi connectivity index (χ0) is 18.4. The van der Waals surface area contributed by atoms with Gasteiger partial charge in [-0.25, -0.2) is 4.39 Å². The Bertz CT molecular complexity index is 848. The van der Waals surface area contributed by atoms with Crippen molar-refractivity contribution < 1.29 is 13.9 Å². The lowest BCUT2D eigenvalue weighted by molar-refractivity contribution is 0.297. The summed E-state index contributed by atoms with van der Waals surface area (Å²) in [4.78, 5) is 0. The van der Waals surface area contributed by atoms with E-state index >= 15 is 0 Å². The van der Waals surface area contributed by atoms with Gasteiger partial charge in [-0.3, -0.25) is 0 Å². The molecule has 0 bridgehead atoms. The molecule has 0 atom stereocenters. The number of hydrogen-bond donors (Lipinski definition) is 1. The third kappa shape index (κ3) is 4.46. The van der Waals surface area contributed by atoms with E-state index in [1.807, 2.05) is 48.5 Å². The summed E-state index contributed by atoms with van der Waals surface area (Å²) < 4.78 is 24.9. The van der Waals surface area contributed by atoms with E-state index < -0.39 is 0 Å². The minimum Gasteiger partial charge on any atom is -0.497 e. The molecule has 0 spiro atoms. The molecule has 0 radical (unpaired) electrons. The first-order valence-corrected chi connectivity index (χ1v) is 8.56. The van der Waals surface area contributed by atoms with Crippen molar-refractivity contribution >= 4 is 17.3 Å². The molecule has 0 aliphatic heterocycles. The van der Waals surface area contributed by atoms with Crippen LogP contribution in [0.5, 0.6) is 11.5 Å². The van der Waals surface area contributed by atoms with E-state index in [0.717, 1.165) is 17.0 Å². The number of ether oxygens (including phenoxy) is 2. The number of methoxy groups -OCH3 is 1. The number of para-hydroxylation sites is 1. The Morgan fingerprint density at radius 2 is 1.73 bits per heavy atom. The summed E-state index contributed by atoms with van der Waals surface area (Å²) in [6.45, 7) is 0.651. The topological polar surface area (TPSA) is 30.5 Å². The van der Waals surface area contributed by atoms with Gasteiger partial charge in [0.2, 0.25) is 0 Å². The first-order valence-electron chi connectivity index (χ1n) is 8.19. The lowest BCUT2D eigenvalue weighted by Gasteiger charge is -2.14. The average molecular weight is 372 g/mol. The molecule has 3 aromatic carbocycles. The second-order valence-corrected chi connectivity index (χ2v) is 6.09. The molecule has 0 amide bonds. The quantitative estimate of drug-likeness (QED) is 0.579. The monoisotopic (exact) mass is 371 g/mol. The zero-order valence-corrected chi connectivity index (χ0v) is 15.1. The van der Waals surface area contributed by atoms with Crippen molar-refractivity contribution in [3.8, 4) is 11.5 Å². The van der Waals surface area contributed by atoms with E-state index in [1.165, 1.54) is 6.07 Å². The van der Waals surface area contributed by atoms with Crippen molar-refractivity contribution in [1.82, 2.24) is 0 Å². The van der Waals surface area contributed by atoms with Crippen LogP contribution in [0.4, 0.5) is 10.1 Å². The van der Waals surface area contributed by atoms with E-state index in [4.69, 9.17) is 21.1 Å². The highest BCUT2D eigenvalue weighted by atomic mass is 35.5. The van der Waals surface area contributed by atoms with Gasteiger partial charge in [0, 0.05) is 23.4 Å².